The monoisotopic (exact) mass is 292 g/mol. The van der Waals surface area contributed by atoms with Gasteiger partial charge >= 0.3 is 0 Å². The molecule has 2 aromatic heterocycles. The Balaban J connectivity index is 2.06. The summed E-state index contributed by atoms with van der Waals surface area (Å²) in [6.45, 7) is 7.82. The molecule has 2 rings (SSSR count). The summed E-state index contributed by atoms with van der Waals surface area (Å²) >= 11 is -1.10. The van der Waals surface area contributed by atoms with E-state index in [4.69, 9.17) is 0 Å². The van der Waals surface area contributed by atoms with Crippen molar-refractivity contribution in [3.63, 3.8) is 0 Å². The molecule has 0 bridgehead atoms. The molecule has 0 saturated heterocycles. The summed E-state index contributed by atoms with van der Waals surface area (Å²) < 4.78 is 16.6. The summed E-state index contributed by atoms with van der Waals surface area (Å²) in [5.74, 6) is 0.767. The fourth-order valence-electron chi connectivity index (χ4n) is 1.60. The summed E-state index contributed by atoms with van der Waals surface area (Å²) in [4.78, 5) is 4.37. The van der Waals surface area contributed by atoms with Gasteiger partial charge in [0.25, 0.3) is 0 Å². The topological polar surface area (TPSA) is 65.8 Å². The first kappa shape index (κ1) is 15.0. The second kappa shape index (κ2) is 5.95. The van der Waals surface area contributed by atoms with Gasteiger partial charge < -0.3 is 4.55 Å². The molecule has 0 amide bonds. The van der Waals surface area contributed by atoms with Gasteiger partial charge in [0.15, 0.2) is 5.82 Å². The zero-order valence-electron chi connectivity index (χ0n) is 12.2. The van der Waals surface area contributed by atoms with Gasteiger partial charge in [-0.25, -0.2) is 9.67 Å². The first-order valence-electron chi connectivity index (χ1n) is 6.52. The van der Waals surface area contributed by atoms with Gasteiger partial charge in [-0.05, 0) is 45.4 Å². The summed E-state index contributed by atoms with van der Waals surface area (Å²) in [7, 11) is 0. The molecule has 0 aliphatic carbocycles. The summed E-state index contributed by atoms with van der Waals surface area (Å²) in [6, 6.07) is 5.71. The average molecular weight is 292 g/mol. The minimum Gasteiger partial charge on any atom is -0.598 e. The quantitative estimate of drug-likeness (QED) is 0.879. The maximum Gasteiger partial charge on any atom is 0.153 e. The van der Waals surface area contributed by atoms with Crippen LogP contribution in [0.15, 0.2) is 36.8 Å². The van der Waals surface area contributed by atoms with Crippen LogP contribution in [0.4, 0.5) is 0 Å². The van der Waals surface area contributed by atoms with E-state index < -0.39 is 11.4 Å². The van der Waals surface area contributed by atoms with Gasteiger partial charge in [0, 0.05) is 30.0 Å². The van der Waals surface area contributed by atoms with Crippen molar-refractivity contribution in [3.8, 4) is 5.82 Å². The standard InChI is InChI=1S/C14H20N4OS/c1-11(17-20(19)14(2,3)4)12-6-7-13(15-10-12)18-9-5-8-16-18/h5-11,17H,1-4H3/t11-,20+/m0/s1. The minimum absolute atomic E-state index is 0.0192. The van der Waals surface area contributed by atoms with Crippen molar-refractivity contribution in [2.24, 2.45) is 0 Å². The number of hydrogen-bond acceptors (Lipinski definition) is 4. The molecule has 0 radical (unpaired) electrons. The number of rotatable bonds is 4. The van der Waals surface area contributed by atoms with Crippen molar-refractivity contribution < 1.29 is 4.55 Å². The van der Waals surface area contributed by atoms with Crippen LogP contribution in [0.5, 0.6) is 0 Å². The van der Waals surface area contributed by atoms with E-state index in [1.807, 2.05) is 52.1 Å². The Labute approximate surface area is 122 Å². The van der Waals surface area contributed by atoms with Gasteiger partial charge in [-0.2, -0.15) is 5.10 Å². The second-order valence-corrected chi connectivity index (χ2v) is 7.62. The van der Waals surface area contributed by atoms with Crippen LogP contribution in [-0.2, 0) is 11.4 Å². The van der Waals surface area contributed by atoms with Crippen molar-refractivity contribution in [2.75, 3.05) is 0 Å². The lowest BCUT2D eigenvalue weighted by molar-refractivity contribution is 0.531. The highest BCUT2D eigenvalue weighted by atomic mass is 32.2. The molecule has 2 aromatic rings. The lowest BCUT2D eigenvalue weighted by Crippen LogP contribution is -2.40. The van der Waals surface area contributed by atoms with Crippen LogP contribution in [-0.4, -0.2) is 24.1 Å². The number of nitrogens with zero attached hydrogens (tertiary/aromatic N) is 3. The van der Waals surface area contributed by atoms with Crippen LogP contribution in [0.1, 0.15) is 39.3 Å². The maximum absolute atomic E-state index is 12.1. The van der Waals surface area contributed by atoms with Crippen molar-refractivity contribution in [1.29, 1.82) is 0 Å². The molecule has 2 atom stereocenters. The summed E-state index contributed by atoms with van der Waals surface area (Å²) in [5, 5.41) is 4.13. The number of nitrogens with one attached hydrogen (secondary N) is 1. The second-order valence-electron chi connectivity index (χ2n) is 5.62. The average Bonchev–Trinajstić information content (AvgIpc) is 2.91. The van der Waals surface area contributed by atoms with Crippen LogP contribution < -0.4 is 4.72 Å². The molecule has 1 N–H and O–H groups in total. The molecule has 108 valence electrons. The molecule has 0 spiro atoms. The van der Waals surface area contributed by atoms with Gasteiger partial charge in [0.2, 0.25) is 0 Å². The van der Waals surface area contributed by atoms with Crippen LogP contribution in [0.2, 0.25) is 0 Å². The normalized spacial score (nSPS) is 15.1. The molecule has 0 aliphatic rings. The molecule has 20 heavy (non-hydrogen) atoms. The third kappa shape index (κ3) is 3.59. The number of hydrogen-bond donors (Lipinski definition) is 1. The Kier molecular flexibility index (Phi) is 4.47. The molecule has 6 heteroatoms. The van der Waals surface area contributed by atoms with E-state index in [9.17, 15) is 4.55 Å². The molecular formula is C14H20N4OS. The van der Waals surface area contributed by atoms with E-state index in [2.05, 4.69) is 14.8 Å². The molecule has 2 heterocycles. The van der Waals surface area contributed by atoms with Crippen molar-refractivity contribution in [3.05, 3.63) is 42.4 Å². The van der Waals surface area contributed by atoms with Crippen molar-refractivity contribution >= 4 is 11.4 Å². The lowest BCUT2D eigenvalue weighted by atomic mass is 10.1. The molecule has 0 saturated carbocycles. The highest BCUT2D eigenvalue weighted by molar-refractivity contribution is 7.90. The Morgan fingerprint density at radius 3 is 2.60 bits per heavy atom. The highest BCUT2D eigenvalue weighted by Crippen LogP contribution is 2.19. The molecule has 5 nitrogen and oxygen atoms in total. The third-order valence-corrected chi connectivity index (χ3v) is 4.53. The smallest absolute Gasteiger partial charge is 0.153 e. The molecule has 0 unspecified atom stereocenters. The first-order chi connectivity index (χ1) is 9.38. The van der Waals surface area contributed by atoms with Gasteiger partial charge in [-0.3, -0.25) is 0 Å². The van der Waals surface area contributed by atoms with Gasteiger partial charge in [-0.15, -0.1) is 4.72 Å². The first-order valence-corrected chi connectivity index (χ1v) is 7.67. The maximum atomic E-state index is 12.1. The van der Waals surface area contributed by atoms with Crippen molar-refractivity contribution in [1.82, 2.24) is 19.5 Å². The molecule has 0 aromatic carbocycles. The highest BCUT2D eigenvalue weighted by Gasteiger charge is 2.28. The van der Waals surface area contributed by atoms with E-state index in [1.54, 1.807) is 17.1 Å². The van der Waals surface area contributed by atoms with E-state index in [1.165, 1.54) is 0 Å². The Morgan fingerprint density at radius 2 is 2.10 bits per heavy atom. The Bertz CT molecular complexity index is 533. The Hall–Kier alpha value is -1.37. The number of pyridine rings is 1. The largest absolute Gasteiger partial charge is 0.598 e. The number of aromatic nitrogens is 3. The molecule has 0 aliphatic heterocycles. The molecular weight excluding hydrogens is 272 g/mol. The van der Waals surface area contributed by atoms with Gasteiger partial charge in [0.1, 0.15) is 4.75 Å². The zero-order valence-corrected chi connectivity index (χ0v) is 13.0. The van der Waals surface area contributed by atoms with E-state index in [-0.39, 0.29) is 10.8 Å². The van der Waals surface area contributed by atoms with Gasteiger partial charge in [0.05, 0.1) is 6.04 Å². The lowest BCUT2D eigenvalue weighted by Gasteiger charge is -2.26. The van der Waals surface area contributed by atoms with Crippen LogP contribution in [0, 0.1) is 0 Å². The third-order valence-electron chi connectivity index (χ3n) is 2.85. The Morgan fingerprint density at radius 1 is 1.35 bits per heavy atom. The fraction of sp³-hybridized carbons (Fsp3) is 0.429. The summed E-state index contributed by atoms with van der Waals surface area (Å²) in [6.07, 6.45) is 5.35. The molecule has 0 fully saturated rings. The van der Waals surface area contributed by atoms with Crippen LogP contribution in [0.3, 0.4) is 0 Å². The van der Waals surface area contributed by atoms with E-state index in [0.29, 0.717) is 0 Å². The zero-order chi connectivity index (χ0) is 14.8. The van der Waals surface area contributed by atoms with E-state index in [0.717, 1.165) is 11.4 Å². The van der Waals surface area contributed by atoms with Gasteiger partial charge in [-0.1, -0.05) is 6.07 Å². The fourth-order valence-corrected chi connectivity index (χ4v) is 2.41. The predicted molar refractivity (Wildman–Crippen MR) is 80.8 cm³/mol. The van der Waals surface area contributed by atoms with E-state index >= 15 is 0 Å². The summed E-state index contributed by atoms with van der Waals surface area (Å²) in [5.41, 5.74) is 0.999. The SMILES string of the molecule is C[C@H](N[S@+]([O-])C(C)(C)C)c1ccc(-n2cccn2)nc1. The predicted octanol–water partition coefficient (Wildman–Crippen LogP) is 2.38. The van der Waals surface area contributed by atoms with Crippen LogP contribution in [0.25, 0.3) is 5.82 Å². The van der Waals surface area contributed by atoms with Crippen LogP contribution >= 0.6 is 0 Å². The van der Waals surface area contributed by atoms with Crippen molar-refractivity contribution in [2.45, 2.75) is 38.5 Å². The minimum atomic E-state index is -1.10.